The van der Waals surface area contributed by atoms with E-state index in [0.717, 1.165) is 32.4 Å². The Morgan fingerprint density at radius 2 is 2.12 bits per heavy atom. The monoisotopic (exact) mass is 241 g/mol. The summed E-state index contributed by atoms with van der Waals surface area (Å²) in [5, 5.41) is 12.7. The van der Waals surface area contributed by atoms with Crippen molar-refractivity contribution < 1.29 is 14.6 Å². The quantitative estimate of drug-likeness (QED) is 0.663. The molecule has 0 aromatic heterocycles. The molecule has 0 radical (unpaired) electrons. The maximum atomic E-state index is 11.3. The Labute approximate surface area is 103 Å². The summed E-state index contributed by atoms with van der Waals surface area (Å²) in [6, 6.07) is 0.177. The van der Waals surface area contributed by atoms with E-state index in [2.05, 4.69) is 12.2 Å². The van der Waals surface area contributed by atoms with E-state index in [-0.39, 0.29) is 12.0 Å². The maximum absolute atomic E-state index is 11.3. The van der Waals surface area contributed by atoms with E-state index in [0.29, 0.717) is 18.4 Å². The first-order valence-corrected chi connectivity index (χ1v) is 6.78. The van der Waals surface area contributed by atoms with Gasteiger partial charge in [-0.05, 0) is 37.5 Å². The van der Waals surface area contributed by atoms with Gasteiger partial charge in [-0.1, -0.05) is 6.92 Å². The van der Waals surface area contributed by atoms with E-state index in [1.807, 2.05) is 0 Å². The molecule has 4 nitrogen and oxygen atoms in total. The Hall–Kier alpha value is -0.610. The summed E-state index contributed by atoms with van der Waals surface area (Å²) < 4.78 is 5.41. The van der Waals surface area contributed by atoms with Crippen LogP contribution in [0.25, 0.3) is 0 Å². The highest BCUT2D eigenvalue weighted by molar-refractivity contribution is 5.72. The van der Waals surface area contributed by atoms with Gasteiger partial charge in [0, 0.05) is 19.2 Å². The fourth-order valence-corrected chi connectivity index (χ4v) is 3.48. The molecule has 2 saturated carbocycles. The molecular formula is C13H23NO3. The van der Waals surface area contributed by atoms with E-state index >= 15 is 0 Å². The molecule has 0 aliphatic heterocycles. The highest BCUT2D eigenvalue weighted by Gasteiger charge is 2.50. The lowest BCUT2D eigenvalue weighted by Gasteiger charge is -2.29. The van der Waals surface area contributed by atoms with Crippen molar-refractivity contribution in [3.05, 3.63) is 0 Å². The number of aliphatic carboxylic acids is 1. The van der Waals surface area contributed by atoms with Gasteiger partial charge in [-0.25, -0.2) is 0 Å². The molecule has 0 amide bonds. The van der Waals surface area contributed by atoms with E-state index in [1.165, 1.54) is 6.42 Å². The summed E-state index contributed by atoms with van der Waals surface area (Å²) >= 11 is 0. The predicted octanol–water partition coefficient (Wildman–Crippen LogP) is 1.50. The minimum Gasteiger partial charge on any atom is -0.481 e. The molecule has 4 atom stereocenters. The van der Waals surface area contributed by atoms with Gasteiger partial charge in [0.25, 0.3) is 0 Å². The molecule has 2 rings (SSSR count). The average molecular weight is 241 g/mol. The van der Waals surface area contributed by atoms with Crippen molar-refractivity contribution in [2.75, 3.05) is 19.8 Å². The fraction of sp³-hybridized carbons (Fsp3) is 0.923. The normalized spacial score (nSPS) is 35.4. The van der Waals surface area contributed by atoms with Crippen molar-refractivity contribution >= 4 is 5.97 Å². The van der Waals surface area contributed by atoms with E-state index in [1.54, 1.807) is 0 Å². The maximum Gasteiger partial charge on any atom is 0.308 e. The fourth-order valence-electron chi connectivity index (χ4n) is 3.48. The van der Waals surface area contributed by atoms with Gasteiger partial charge in [-0.2, -0.15) is 0 Å². The van der Waals surface area contributed by atoms with Crippen LogP contribution < -0.4 is 5.32 Å². The van der Waals surface area contributed by atoms with Crippen LogP contribution in [0.4, 0.5) is 0 Å². The topological polar surface area (TPSA) is 58.6 Å². The zero-order valence-electron chi connectivity index (χ0n) is 10.5. The lowest BCUT2D eigenvalue weighted by molar-refractivity contribution is -0.144. The largest absolute Gasteiger partial charge is 0.481 e. The Bertz CT molecular complexity index is 269. The van der Waals surface area contributed by atoms with Crippen molar-refractivity contribution in [2.24, 2.45) is 17.8 Å². The first kappa shape index (κ1) is 12.8. The minimum atomic E-state index is -0.621. The number of hydrogen-bond donors (Lipinski definition) is 2. The van der Waals surface area contributed by atoms with Gasteiger partial charge in [0.1, 0.15) is 0 Å². The molecule has 2 bridgehead atoms. The number of fused-ring (bicyclic) bond motifs is 2. The van der Waals surface area contributed by atoms with Gasteiger partial charge in [0.05, 0.1) is 12.5 Å². The van der Waals surface area contributed by atoms with Crippen LogP contribution in [-0.4, -0.2) is 36.9 Å². The summed E-state index contributed by atoms with van der Waals surface area (Å²) in [6.45, 7) is 4.34. The predicted molar refractivity (Wildman–Crippen MR) is 64.9 cm³/mol. The van der Waals surface area contributed by atoms with Crippen LogP contribution >= 0.6 is 0 Å². The molecule has 2 aliphatic carbocycles. The second kappa shape index (κ2) is 5.83. The van der Waals surface area contributed by atoms with Crippen molar-refractivity contribution in [2.45, 2.75) is 38.6 Å². The SMILES string of the molecule is CCCOCCNC1C2CCC(C2)C1C(=O)O. The summed E-state index contributed by atoms with van der Waals surface area (Å²) in [7, 11) is 0. The second-order valence-corrected chi connectivity index (χ2v) is 5.29. The van der Waals surface area contributed by atoms with E-state index in [4.69, 9.17) is 4.74 Å². The number of rotatable bonds is 7. The van der Waals surface area contributed by atoms with Gasteiger partial charge >= 0.3 is 5.97 Å². The zero-order valence-corrected chi connectivity index (χ0v) is 10.5. The third-order valence-electron chi connectivity index (χ3n) is 4.18. The van der Waals surface area contributed by atoms with Gasteiger partial charge < -0.3 is 15.2 Å². The number of nitrogens with one attached hydrogen (secondary N) is 1. The van der Waals surface area contributed by atoms with Crippen LogP contribution in [0.3, 0.4) is 0 Å². The standard InChI is InChI=1S/C13H23NO3/c1-2-6-17-7-5-14-12-10-4-3-9(8-10)11(12)13(15)16/h9-12,14H,2-8H2,1H3,(H,15,16). The van der Waals surface area contributed by atoms with E-state index < -0.39 is 5.97 Å². The average Bonchev–Trinajstić information content (AvgIpc) is 2.88. The van der Waals surface area contributed by atoms with Gasteiger partial charge in [-0.15, -0.1) is 0 Å². The van der Waals surface area contributed by atoms with Crippen molar-refractivity contribution in [3.63, 3.8) is 0 Å². The van der Waals surface area contributed by atoms with Gasteiger partial charge in [0.15, 0.2) is 0 Å². The van der Waals surface area contributed by atoms with Crippen LogP contribution in [0.5, 0.6) is 0 Å². The Balaban J connectivity index is 1.77. The number of hydrogen-bond acceptors (Lipinski definition) is 3. The molecule has 4 unspecified atom stereocenters. The molecule has 17 heavy (non-hydrogen) atoms. The molecular weight excluding hydrogens is 218 g/mol. The molecule has 2 fully saturated rings. The summed E-state index contributed by atoms with van der Waals surface area (Å²) in [4.78, 5) is 11.3. The van der Waals surface area contributed by atoms with Crippen LogP contribution in [0.15, 0.2) is 0 Å². The Morgan fingerprint density at radius 1 is 1.35 bits per heavy atom. The molecule has 0 aromatic rings. The summed E-state index contributed by atoms with van der Waals surface area (Å²) in [5.74, 6) is 0.197. The van der Waals surface area contributed by atoms with Crippen molar-refractivity contribution in [3.8, 4) is 0 Å². The molecule has 0 heterocycles. The highest BCUT2D eigenvalue weighted by Crippen LogP contribution is 2.48. The van der Waals surface area contributed by atoms with Gasteiger partial charge in [-0.3, -0.25) is 4.79 Å². The van der Waals surface area contributed by atoms with Crippen LogP contribution in [0, 0.1) is 17.8 Å². The van der Waals surface area contributed by atoms with Crippen LogP contribution in [-0.2, 0) is 9.53 Å². The smallest absolute Gasteiger partial charge is 0.308 e. The van der Waals surface area contributed by atoms with Crippen molar-refractivity contribution in [1.82, 2.24) is 5.32 Å². The minimum absolute atomic E-state index is 0.167. The summed E-state index contributed by atoms with van der Waals surface area (Å²) in [5.41, 5.74) is 0. The van der Waals surface area contributed by atoms with Crippen LogP contribution in [0.2, 0.25) is 0 Å². The molecule has 2 aliphatic rings. The molecule has 98 valence electrons. The molecule has 0 saturated heterocycles. The zero-order chi connectivity index (χ0) is 12.3. The second-order valence-electron chi connectivity index (χ2n) is 5.29. The first-order chi connectivity index (χ1) is 8.24. The highest BCUT2D eigenvalue weighted by atomic mass is 16.5. The summed E-state index contributed by atoms with van der Waals surface area (Å²) in [6.07, 6.45) is 4.43. The van der Waals surface area contributed by atoms with Gasteiger partial charge in [0.2, 0.25) is 0 Å². The lowest BCUT2D eigenvalue weighted by atomic mass is 9.84. The van der Waals surface area contributed by atoms with Crippen LogP contribution in [0.1, 0.15) is 32.6 Å². The molecule has 0 spiro atoms. The number of carbonyl (C=O) groups is 1. The van der Waals surface area contributed by atoms with Crippen molar-refractivity contribution in [1.29, 1.82) is 0 Å². The molecule has 0 aromatic carbocycles. The first-order valence-electron chi connectivity index (χ1n) is 6.78. The molecule has 4 heteroatoms. The lowest BCUT2D eigenvalue weighted by Crippen LogP contribution is -2.45. The number of carboxylic acid groups (broad SMARTS) is 1. The number of ether oxygens (including phenoxy) is 1. The molecule has 2 N–H and O–H groups in total. The third-order valence-corrected chi connectivity index (χ3v) is 4.18. The Kier molecular flexibility index (Phi) is 4.40. The number of carboxylic acids is 1. The third kappa shape index (κ3) is 2.80. The Morgan fingerprint density at radius 3 is 2.82 bits per heavy atom. The van der Waals surface area contributed by atoms with E-state index in [9.17, 15) is 9.90 Å².